The van der Waals surface area contributed by atoms with Crippen LogP contribution in [0.4, 0.5) is 25.2 Å². The fraction of sp³-hybridized carbons (Fsp3) is 0.300. The molecule has 2 N–H and O–H groups in total. The average molecular weight is 838 g/mol. The van der Waals surface area contributed by atoms with Gasteiger partial charge in [0, 0.05) is 49.6 Å². The second kappa shape index (κ2) is 12.3. The summed E-state index contributed by atoms with van der Waals surface area (Å²) in [4.78, 5) is 9.45. The minimum Gasteiger partial charge on any atom is -0.506 e. The molecular weight excluding hydrogens is 820 g/mol. The van der Waals surface area contributed by atoms with Gasteiger partial charge in [0.15, 0.2) is 0 Å². The van der Waals surface area contributed by atoms with E-state index in [1.165, 1.54) is 0 Å². The van der Waals surface area contributed by atoms with Crippen LogP contribution in [-0.4, -0.2) is 34.7 Å². The van der Waals surface area contributed by atoms with Gasteiger partial charge in [0.2, 0.25) is 0 Å². The first-order valence-electron chi connectivity index (χ1n) is 9.79. The van der Waals surface area contributed by atoms with Crippen LogP contribution in [0.5, 0.6) is 11.5 Å². The van der Waals surface area contributed by atoms with Crippen LogP contribution in [0.3, 0.4) is 0 Å². The molecule has 2 atom stereocenters. The first kappa shape index (κ1) is 33.9. The number of hydrogen-bond donors (Lipinski definition) is 2. The second-order valence-electron chi connectivity index (χ2n) is 7.58. The van der Waals surface area contributed by atoms with Crippen molar-refractivity contribution in [3.63, 3.8) is 0 Å². The number of benzene rings is 2. The van der Waals surface area contributed by atoms with E-state index in [-0.39, 0.29) is 40.7 Å². The number of halogens is 10. The van der Waals surface area contributed by atoms with E-state index in [1.54, 1.807) is 24.6 Å². The van der Waals surface area contributed by atoms with Gasteiger partial charge in [-0.2, -0.15) is 0 Å². The van der Waals surface area contributed by atoms with Crippen molar-refractivity contribution in [2.24, 2.45) is 9.98 Å². The second-order valence-corrected chi connectivity index (χ2v) is 13.0. The van der Waals surface area contributed by atoms with Crippen LogP contribution in [0, 0.1) is 0 Å². The molecule has 0 heterocycles. The largest absolute Gasteiger partial charge is 0.506 e. The van der Waals surface area contributed by atoms with E-state index in [9.17, 15) is 35.4 Å². The van der Waals surface area contributed by atoms with Crippen LogP contribution < -0.4 is 0 Å². The molecule has 36 heavy (non-hydrogen) atoms. The van der Waals surface area contributed by atoms with Crippen molar-refractivity contribution in [1.29, 1.82) is 0 Å². The van der Waals surface area contributed by atoms with Gasteiger partial charge in [-0.05, 0) is 69.0 Å². The fourth-order valence-electron chi connectivity index (χ4n) is 3.16. The summed E-state index contributed by atoms with van der Waals surface area (Å²) in [6.45, 7) is 0. The zero-order valence-electron chi connectivity index (χ0n) is 17.8. The molecule has 1 radical (unpaired) electrons. The molecule has 0 unspecified atom stereocenters. The molecule has 0 spiro atoms. The summed E-state index contributed by atoms with van der Waals surface area (Å²) >= 11 is 13.6. The Hall–Kier alpha value is -0.171. The molecule has 0 amide bonds. The molecule has 3 rings (SSSR count). The van der Waals surface area contributed by atoms with E-state index in [0.717, 1.165) is 34.6 Å². The zero-order valence-corrected chi connectivity index (χ0v) is 26.3. The van der Waals surface area contributed by atoms with Crippen molar-refractivity contribution in [1.82, 2.24) is 0 Å². The maximum atomic E-state index is 10.2. The van der Waals surface area contributed by atoms with Crippen LogP contribution in [0.2, 0.25) is 0 Å². The average Bonchev–Trinajstić information content (AvgIpc) is 2.69. The summed E-state index contributed by atoms with van der Waals surface area (Å²) in [5.41, 5.74) is 1.31. The molecule has 1 aliphatic rings. The summed E-state index contributed by atoms with van der Waals surface area (Å²) in [7, 11) is -10.7. The number of aliphatic imine (C=N–C) groups is 2. The van der Waals surface area contributed by atoms with E-state index in [2.05, 4.69) is 63.7 Å². The number of nitrogens with zero attached hydrogens (tertiary/aromatic N) is 2. The number of phenolic OH excluding ortho intramolecular Hbond substituents is 2. The summed E-state index contributed by atoms with van der Waals surface area (Å²) in [5.74, 6) is 0.346. The third kappa shape index (κ3) is 13.1. The van der Waals surface area contributed by atoms with Crippen molar-refractivity contribution in [2.45, 2.75) is 37.8 Å². The van der Waals surface area contributed by atoms with E-state index >= 15 is 0 Å². The standard InChI is InChI=1S/C20H18Br4N2O2.F6P.Mn/c21-13-5-11(19(27)15(23)7-13)9-25-17-3-1-2-4-18(17)26-10-12-6-14(22)8-16(24)20(12)28;1-7(2,3,4,5)6;/h5-10,17-18,27-28H,1-4H2;;/q;-1;/t17-,18-;;/m0../s1. The predicted molar refractivity (Wildman–Crippen MR) is 142 cm³/mol. The zero-order chi connectivity index (χ0) is 26.7. The van der Waals surface area contributed by atoms with E-state index in [0.29, 0.717) is 20.1 Å². The molecule has 1 aliphatic carbocycles. The Bertz CT molecular complexity index is 1070. The van der Waals surface area contributed by atoms with Crippen molar-refractivity contribution >= 4 is 84.0 Å². The van der Waals surface area contributed by atoms with Crippen molar-refractivity contribution in [3.05, 3.63) is 53.3 Å². The fourth-order valence-corrected chi connectivity index (χ4v) is 5.68. The molecular formula is C20H18Br4F6MnN2O2P-. The maximum absolute atomic E-state index is 10.7. The minimum atomic E-state index is -10.7. The van der Waals surface area contributed by atoms with Crippen LogP contribution >= 0.6 is 71.5 Å². The summed E-state index contributed by atoms with van der Waals surface area (Å²) in [6.07, 6.45) is 7.55. The van der Waals surface area contributed by atoms with Crippen LogP contribution in [0.15, 0.2) is 52.1 Å². The van der Waals surface area contributed by atoms with Crippen LogP contribution in [-0.2, 0) is 17.1 Å². The Morgan fingerprint density at radius 3 is 1.31 bits per heavy atom. The van der Waals surface area contributed by atoms with Crippen LogP contribution in [0.1, 0.15) is 36.8 Å². The molecule has 0 saturated heterocycles. The molecule has 1 fully saturated rings. The SMILES string of the molecule is F[P-](F)(F)(F)(F)F.Oc1c(Br)cc(Br)cc1C=N[C@H]1CCCC[C@@H]1N=Cc1cc(Br)cc(Br)c1O.[Mn]. The van der Waals surface area contributed by atoms with Gasteiger partial charge in [0.25, 0.3) is 0 Å². The number of hydrogen-bond acceptors (Lipinski definition) is 4. The van der Waals surface area contributed by atoms with Crippen LogP contribution in [0.25, 0.3) is 0 Å². The van der Waals surface area contributed by atoms with E-state index in [1.807, 2.05) is 12.1 Å². The molecule has 1 saturated carbocycles. The van der Waals surface area contributed by atoms with Gasteiger partial charge in [0.1, 0.15) is 11.5 Å². The first-order chi connectivity index (χ1) is 15.8. The molecule has 16 heteroatoms. The molecule has 4 nitrogen and oxygen atoms in total. The van der Waals surface area contributed by atoms with E-state index in [4.69, 9.17) is 9.98 Å². The van der Waals surface area contributed by atoms with Gasteiger partial charge in [-0.15, -0.1) is 0 Å². The summed E-state index contributed by atoms with van der Waals surface area (Å²) < 4.78 is 62.2. The van der Waals surface area contributed by atoms with Gasteiger partial charge in [0.05, 0.1) is 21.0 Å². The quantitative estimate of drug-likeness (QED) is 0.139. The maximum Gasteiger partial charge on any atom is 0.138 e. The Morgan fingerprint density at radius 1 is 0.694 bits per heavy atom. The van der Waals surface area contributed by atoms with E-state index < -0.39 is 7.81 Å². The van der Waals surface area contributed by atoms with Crippen molar-refractivity contribution in [3.8, 4) is 11.5 Å². The molecule has 203 valence electrons. The molecule has 0 aliphatic heterocycles. The summed E-state index contributed by atoms with van der Waals surface area (Å²) in [5, 5.41) is 20.5. The van der Waals surface area contributed by atoms with Gasteiger partial charge >= 0.3 is 33.0 Å². The third-order valence-corrected chi connectivity index (χ3v) is 6.74. The Balaban J connectivity index is 0.000000712. The predicted octanol–water partition coefficient (Wildman–Crippen LogP) is 10.4. The Morgan fingerprint density at radius 2 is 1.00 bits per heavy atom. The Kier molecular flexibility index (Phi) is 11.6. The first-order valence-corrected chi connectivity index (χ1v) is 15.0. The number of aromatic hydroxyl groups is 2. The van der Waals surface area contributed by atoms with Gasteiger partial charge < -0.3 is 10.2 Å². The molecule has 0 aromatic heterocycles. The van der Waals surface area contributed by atoms with Crippen molar-refractivity contribution in [2.75, 3.05) is 0 Å². The topological polar surface area (TPSA) is 65.2 Å². The number of phenols is 2. The van der Waals surface area contributed by atoms with Gasteiger partial charge in [-0.25, -0.2) is 0 Å². The normalized spacial score (nSPS) is 20.3. The molecule has 0 bridgehead atoms. The molecule has 2 aromatic carbocycles. The number of rotatable bonds is 4. The Labute approximate surface area is 247 Å². The smallest absolute Gasteiger partial charge is 0.138 e. The van der Waals surface area contributed by atoms with Gasteiger partial charge in [-0.3, -0.25) is 9.98 Å². The minimum absolute atomic E-state index is 0. The molecule has 2 aromatic rings. The van der Waals surface area contributed by atoms with Crippen molar-refractivity contribution < 1.29 is 52.5 Å². The monoisotopic (exact) mass is 834 g/mol. The summed E-state index contributed by atoms with van der Waals surface area (Å²) in [6, 6.07) is 7.34. The third-order valence-electron chi connectivity index (χ3n) is 4.62. The van der Waals surface area contributed by atoms with Gasteiger partial charge in [-0.1, -0.05) is 44.7 Å².